The van der Waals surface area contributed by atoms with Gasteiger partial charge in [-0.3, -0.25) is 14.6 Å². The third-order valence-corrected chi connectivity index (χ3v) is 6.03. The van der Waals surface area contributed by atoms with Crippen LogP contribution in [0.3, 0.4) is 0 Å². The Morgan fingerprint density at radius 1 is 1.15 bits per heavy atom. The number of aliphatic hydroxyl groups excluding tert-OH is 1. The molecule has 1 amide bonds. The highest BCUT2D eigenvalue weighted by atomic mass is 35.5. The predicted octanol–water partition coefficient (Wildman–Crippen LogP) is 5.20. The molecule has 4 rings (SSSR count). The minimum absolute atomic E-state index is 0.0810. The van der Waals surface area contributed by atoms with Gasteiger partial charge in [0.05, 0.1) is 29.0 Å². The third-order valence-electron chi connectivity index (χ3n) is 5.53. The van der Waals surface area contributed by atoms with E-state index in [0.29, 0.717) is 12.1 Å². The zero-order chi connectivity index (χ0) is 24.4. The summed E-state index contributed by atoms with van der Waals surface area (Å²) >= 11 is 12.3. The summed E-state index contributed by atoms with van der Waals surface area (Å²) in [5, 5.41) is 11.6. The topological polar surface area (TPSA) is 79.7 Å². The normalized spacial score (nSPS) is 17.3. The molecule has 0 aliphatic carbocycles. The van der Waals surface area contributed by atoms with Crippen LogP contribution in [0.15, 0.2) is 66.4 Å². The Balaban J connectivity index is 1.82. The number of Topliss-reactive ketones (excluding diaryl/α,β-unsaturated/α-hetero) is 1. The predicted molar refractivity (Wildman–Crippen MR) is 126 cm³/mol. The van der Waals surface area contributed by atoms with Crippen molar-refractivity contribution in [2.24, 2.45) is 0 Å². The van der Waals surface area contributed by atoms with Gasteiger partial charge in [-0.25, -0.2) is 4.39 Å². The van der Waals surface area contributed by atoms with Crippen LogP contribution in [0.1, 0.15) is 22.9 Å². The zero-order valence-electron chi connectivity index (χ0n) is 18.0. The lowest BCUT2D eigenvalue weighted by molar-refractivity contribution is -0.139. The molecule has 1 aliphatic heterocycles. The number of carbonyl (C=O) groups is 2. The summed E-state index contributed by atoms with van der Waals surface area (Å²) in [5.74, 6) is -2.39. The van der Waals surface area contributed by atoms with Crippen LogP contribution < -0.4 is 4.74 Å². The van der Waals surface area contributed by atoms with Crippen molar-refractivity contribution >= 4 is 40.7 Å². The number of likely N-dealkylation sites (tertiary alicyclic amines) is 1. The molecule has 2 heterocycles. The van der Waals surface area contributed by atoms with Crippen molar-refractivity contribution in [3.05, 3.63) is 99.1 Å². The summed E-state index contributed by atoms with van der Waals surface area (Å²) in [7, 11) is 1.36. The molecule has 0 spiro atoms. The largest absolute Gasteiger partial charge is 0.507 e. The lowest BCUT2D eigenvalue weighted by atomic mass is 9.97. The fourth-order valence-corrected chi connectivity index (χ4v) is 4.52. The molecule has 1 aromatic heterocycles. The highest BCUT2D eigenvalue weighted by Gasteiger charge is 2.46. The van der Waals surface area contributed by atoms with Gasteiger partial charge in [0, 0.05) is 17.8 Å². The number of ether oxygens (including phenoxy) is 1. The Bertz CT molecular complexity index is 1280. The number of pyridine rings is 1. The monoisotopic (exact) mass is 500 g/mol. The van der Waals surface area contributed by atoms with E-state index in [-0.39, 0.29) is 39.3 Å². The molecule has 1 aliphatic rings. The average molecular weight is 501 g/mol. The Morgan fingerprint density at radius 2 is 1.88 bits per heavy atom. The highest BCUT2D eigenvalue weighted by Crippen LogP contribution is 2.42. The number of amides is 1. The SMILES string of the molecule is COc1c(Cl)cc(Cl)cc1/C(O)=C1\C(=O)C(=O)N(CCc2ccc(F)cc2)C1c1ccccn1. The van der Waals surface area contributed by atoms with Crippen molar-refractivity contribution in [1.82, 2.24) is 9.88 Å². The first-order chi connectivity index (χ1) is 16.3. The van der Waals surface area contributed by atoms with E-state index in [4.69, 9.17) is 27.9 Å². The van der Waals surface area contributed by atoms with E-state index in [2.05, 4.69) is 4.98 Å². The molecule has 2 aromatic carbocycles. The molecule has 1 atom stereocenters. The van der Waals surface area contributed by atoms with Crippen LogP contribution in [0.4, 0.5) is 4.39 Å². The smallest absolute Gasteiger partial charge is 0.295 e. The Hall–Kier alpha value is -3.42. The average Bonchev–Trinajstić information content (AvgIpc) is 3.08. The van der Waals surface area contributed by atoms with Crippen LogP contribution in [0.2, 0.25) is 10.0 Å². The van der Waals surface area contributed by atoms with E-state index < -0.39 is 23.5 Å². The van der Waals surface area contributed by atoms with Gasteiger partial charge >= 0.3 is 0 Å². The molecule has 0 bridgehead atoms. The van der Waals surface area contributed by atoms with Crippen molar-refractivity contribution in [3.8, 4) is 5.75 Å². The van der Waals surface area contributed by atoms with Gasteiger partial charge in [0.25, 0.3) is 11.7 Å². The van der Waals surface area contributed by atoms with Crippen LogP contribution in [-0.2, 0) is 16.0 Å². The number of ketones is 1. The van der Waals surface area contributed by atoms with Crippen molar-refractivity contribution < 1.29 is 23.8 Å². The lowest BCUT2D eigenvalue weighted by Gasteiger charge is -2.24. The summed E-state index contributed by atoms with van der Waals surface area (Å²) in [4.78, 5) is 31.9. The molecule has 0 saturated carbocycles. The number of aliphatic hydroxyl groups is 1. The van der Waals surface area contributed by atoms with Gasteiger partial charge in [0.15, 0.2) is 0 Å². The van der Waals surface area contributed by atoms with Gasteiger partial charge in [-0.15, -0.1) is 0 Å². The molecule has 174 valence electrons. The van der Waals surface area contributed by atoms with Gasteiger partial charge in [0.1, 0.15) is 23.4 Å². The minimum atomic E-state index is -0.955. The van der Waals surface area contributed by atoms with E-state index in [9.17, 15) is 19.1 Å². The van der Waals surface area contributed by atoms with Gasteiger partial charge in [-0.2, -0.15) is 0 Å². The molecular weight excluding hydrogens is 482 g/mol. The van der Waals surface area contributed by atoms with Crippen LogP contribution >= 0.6 is 23.2 Å². The summed E-state index contributed by atoms with van der Waals surface area (Å²) in [6, 6.07) is 12.9. The molecule has 1 N–H and O–H groups in total. The number of carbonyl (C=O) groups excluding carboxylic acids is 2. The zero-order valence-corrected chi connectivity index (χ0v) is 19.5. The van der Waals surface area contributed by atoms with Gasteiger partial charge < -0.3 is 14.7 Å². The number of methoxy groups -OCH3 is 1. The lowest BCUT2D eigenvalue weighted by Crippen LogP contribution is -2.32. The maximum absolute atomic E-state index is 13.3. The molecule has 3 aromatic rings. The van der Waals surface area contributed by atoms with Crippen LogP contribution in [0, 0.1) is 5.82 Å². The molecule has 0 radical (unpaired) electrons. The molecule has 9 heteroatoms. The maximum atomic E-state index is 13.3. The first-order valence-corrected chi connectivity index (χ1v) is 11.0. The first kappa shape index (κ1) is 23.7. The number of hydrogen-bond acceptors (Lipinski definition) is 5. The molecule has 6 nitrogen and oxygen atoms in total. The summed E-state index contributed by atoms with van der Waals surface area (Å²) in [6.07, 6.45) is 1.90. The van der Waals surface area contributed by atoms with Crippen molar-refractivity contribution in [2.75, 3.05) is 13.7 Å². The van der Waals surface area contributed by atoms with Crippen LogP contribution in [0.25, 0.3) is 5.76 Å². The van der Waals surface area contributed by atoms with E-state index in [1.54, 1.807) is 30.3 Å². The van der Waals surface area contributed by atoms with Crippen molar-refractivity contribution in [2.45, 2.75) is 12.5 Å². The van der Waals surface area contributed by atoms with Gasteiger partial charge in [-0.05, 0) is 48.4 Å². The molecular formula is C25H19Cl2FN2O4. The first-order valence-electron chi connectivity index (χ1n) is 10.3. The number of aromatic nitrogens is 1. The number of hydrogen-bond donors (Lipinski definition) is 1. The van der Waals surface area contributed by atoms with Gasteiger partial charge in [0.2, 0.25) is 0 Å². The van der Waals surface area contributed by atoms with E-state index >= 15 is 0 Å². The van der Waals surface area contributed by atoms with E-state index in [1.807, 2.05) is 0 Å². The Morgan fingerprint density at radius 3 is 2.53 bits per heavy atom. The summed E-state index contributed by atoms with van der Waals surface area (Å²) in [6.45, 7) is 0.141. The number of benzene rings is 2. The van der Waals surface area contributed by atoms with E-state index in [0.717, 1.165) is 5.56 Å². The Kier molecular flexibility index (Phi) is 6.86. The second-order valence-electron chi connectivity index (χ2n) is 7.59. The Labute approximate surface area is 205 Å². The second kappa shape index (κ2) is 9.83. The molecule has 34 heavy (non-hydrogen) atoms. The third kappa shape index (κ3) is 4.49. The van der Waals surface area contributed by atoms with Crippen molar-refractivity contribution in [3.63, 3.8) is 0 Å². The maximum Gasteiger partial charge on any atom is 0.295 e. The molecule has 1 fully saturated rings. The van der Waals surface area contributed by atoms with Crippen molar-refractivity contribution in [1.29, 1.82) is 0 Å². The number of rotatable bonds is 6. The van der Waals surface area contributed by atoms with Crippen LogP contribution in [0.5, 0.6) is 5.75 Å². The number of halogens is 3. The van der Waals surface area contributed by atoms with E-state index in [1.165, 1.54) is 42.5 Å². The summed E-state index contributed by atoms with van der Waals surface area (Å²) in [5.41, 5.74) is 1.11. The van der Waals surface area contributed by atoms with Crippen LogP contribution in [-0.4, -0.2) is 40.3 Å². The summed E-state index contributed by atoms with van der Waals surface area (Å²) < 4.78 is 18.6. The quantitative estimate of drug-likeness (QED) is 0.285. The fraction of sp³-hybridized carbons (Fsp3) is 0.160. The standard InChI is InChI=1S/C25H19Cl2FN2O4/c1-34-24-17(12-15(26)13-18(24)27)22(31)20-21(19-4-2-3-10-29-19)30(25(33)23(20)32)11-9-14-5-7-16(28)8-6-14/h2-8,10,12-13,21,31H,9,11H2,1H3/b22-20+. The number of nitrogens with zero attached hydrogens (tertiary/aromatic N) is 2. The highest BCUT2D eigenvalue weighted by molar-refractivity contribution is 6.46. The second-order valence-corrected chi connectivity index (χ2v) is 8.44. The molecule has 1 saturated heterocycles. The molecule has 1 unspecified atom stereocenters. The fourth-order valence-electron chi connectivity index (χ4n) is 3.95. The minimum Gasteiger partial charge on any atom is -0.507 e. The van der Waals surface area contributed by atoms with Gasteiger partial charge in [-0.1, -0.05) is 41.4 Å².